The quantitative estimate of drug-likeness (QED) is 0.412. The van der Waals surface area contributed by atoms with Crippen LogP contribution in [0.2, 0.25) is 0 Å². The molecule has 154 valence electrons. The first-order valence-corrected chi connectivity index (χ1v) is 10.3. The number of ketones is 1. The third kappa shape index (κ3) is 6.05. The highest BCUT2D eigenvalue weighted by Crippen LogP contribution is 2.23. The molecule has 0 saturated carbocycles. The number of hydrogen-bond acceptors (Lipinski definition) is 7. The summed E-state index contributed by atoms with van der Waals surface area (Å²) in [7, 11) is 0. The summed E-state index contributed by atoms with van der Waals surface area (Å²) in [6, 6.07) is 19.1. The van der Waals surface area contributed by atoms with Crippen molar-refractivity contribution < 1.29 is 23.6 Å². The lowest BCUT2D eigenvalue weighted by atomic mass is 10.00. The van der Waals surface area contributed by atoms with Crippen LogP contribution in [0.25, 0.3) is 0 Å². The lowest BCUT2D eigenvalue weighted by Gasteiger charge is -2.17. The molecule has 7 nitrogen and oxygen atoms in total. The number of esters is 1. The molecule has 0 radical (unpaired) electrons. The number of Topliss-reactive ketones (excluding diaryl/α,β-unsaturated/α-hetero) is 1. The Morgan fingerprint density at radius 3 is 2.33 bits per heavy atom. The van der Waals surface area contributed by atoms with E-state index in [1.54, 1.807) is 61.5 Å². The number of amides is 1. The molecule has 0 aliphatic rings. The summed E-state index contributed by atoms with van der Waals surface area (Å²) >= 11 is 1.08. The van der Waals surface area contributed by atoms with Crippen LogP contribution in [-0.2, 0) is 14.3 Å². The van der Waals surface area contributed by atoms with Crippen LogP contribution in [0, 0.1) is 6.92 Å². The molecule has 1 amide bonds. The Hall–Kier alpha value is -3.39. The maximum atomic E-state index is 12.9. The topological polar surface area (TPSA) is 98.5 Å². The van der Waals surface area contributed by atoms with E-state index in [4.69, 9.17) is 9.26 Å². The fourth-order valence-corrected chi connectivity index (χ4v) is 3.25. The molecule has 2 aromatic carbocycles. The van der Waals surface area contributed by atoms with Gasteiger partial charge in [-0.15, -0.1) is 11.8 Å². The van der Waals surface area contributed by atoms with Crippen LogP contribution >= 0.6 is 11.8 Å². The number of benzene rings is 2. The minimum absolute atomic E-state index is 0.0314. The third-order valence-corrected chi connectivity index (χ3v) is 4.90. The van der Waals surface area contributed by atoms with Crippen LogP contribution in [-0.4, -0.2) is 34.3 Å². The van der Waals surface area contributed by atoms with Crippen molar-refractivity contribution in [2.45, 2.75) is 13.0 Å². The van der Waals surface area contributed by atoms with Crippen LogP contribution in [0.1, 0.15) is 27.8 Å². The van der Waals surface area contributed by atoms with E-state index < -0.39 is 12.1 Å². The minimum Gasteiger partial charge on any atom is -0.448 e. The third-order valence-electron chi connectivity index (χ3n) is 4.00. The molecule has 0 aliphatic carbocycles. The number of nitrogens with one attached hydrogen (secondary N) is 1. The van der Waals surface area contributed by atoms with Gasteiger partial charge in [-0.25, -0.2) is 0 Å². The van der Waals surface area contributed by atoms with Crippen LogP contribution in [0.3, 0.4) is 0 Å². The normalized spacial score (nSPS) is 11.5. The van der Waals surface area contributed by atoms with Crippen molar-refractivity contribution in [3.63, 3.8) is 0 Å². The fourth-order valence-electron chi connectivity index (χ4n) is 2.65. The summed E-state index contributed by atoms with van der Waals surface area (Å²) < 4.78 is 10.4. The summed E-state index contributed by atoms with van der Waals surface area (Å²) in [5.74, 6) is -0.348. The van der Waals surface area contributed by atoms with E-state index in [2.05, 4.69) is 10.5 Å². The number of hydrogen-bond donors (Lipinski definition) is 1. The lowest BCUT2D eigenvalue weighted by Crippen LogP contribution is -2.22. The molecule has 0 saturated heterocycles. The van der Waals surface area contributed by atoms with Gasteiger partial charge in [0.05, 0.1) is 11.5 Å². The number of ether oxygens (including phenoxy) is 1. The minimum atomic E-state index is -1.05. The van der Waals surface area contributed by atoms with Gasteiger partial charge < -0.3 is 14.6 Å². The van der Waals surface area contributed by atoms with Crippen molar-refractivity contribution >= 4 is 35.2 Å². The van der Waals surface area contributed by atoms with Crippen LogP contribution in [0.15, 0.2) is 71.3 Å². The summed E-state index contributed by atoms with van der Waals surface area (Å²) in [5, 5.41) is 6.25. The van der Waals surface area contributed by atoms with Gasteiger partial charge in [-0.3, -0.25) is 14.4 Å². The summed E-state index contributed by atoms with van der Waals surface area (Å²) in [5.41, 5.74) is 1.04. The second kappa shape index (κ2) is 10.4. The predicted octanol–water partition coefficient (Wildman–Crippen LogP) is 3.82. The maximum Gasteiger partial charge on any atom is 0.316 e. The largest absolute Gasteiger partial charge is 0.448 e. The molecule has 30 heavy (non-hydrogen) atoms. The van der Waals surface area contributed by atoms with Gasteiger partial charge in [0.15, 0.2) is 11.9 Å². The van der Waals surface area contributed by atoms with Gasteiger partial charge in [0.1, 0.15) is 5.76 Å². The van der Waals surface area contributed by atoms with Gasteiger partial charge in [-0.2, -0.15) is 0 Å². The van der Waals surface area contributed by atoms with Gasteiger partial charge in [0, 0.05) is 17.2 Å². The zero-order chi connectivity index (χ0) is 21.3. The Morgan fingerprint density at radius 1 is 1.03 bits per heavy atom. The molecule has 3 rings (SSSR count). The number of carbonyl (C=O) groups excluding carboxylic acids is 3. The number of carbonyl (C=O) groups is 3. The van der Waals surface area contributed by atoms with E-state index in [1.807, 2.05) is 12.1 Å². The molecule has 1 unspecified atom stereocenters. The van der Waals surface area contributed by atoms with Crippen molar-refractivity contribution in [3.05, 3.63) is 83.6 Å². The Morgan fingerprint density at radius 2 is 1.70 bits per heavy atom. The van der Waals surface area contributed by atoms with Crippen molar-refractivity contribution in [3.8, 4) is 0 Å². The molecule has 0 aliphatic heterocycles. The monoisotopic (exact) mass is 424 g/mol. The molecule has 1 atom stereocenters. The second-order valence-corrected chi connectivity index (χ2v) is 7.36. The van der Waals surface area contributed by atoms with E-state index in [9.17, 15) is 14.4 Å². The first kappa shape index (κ1) is 21.3. The van der Waals surface area contributed by atoms with Crippen LogP contribution in [0.4, 0.5) is 5.82 Å². The SMILES string of the molecule is Cc1cc(NC(=O)CSCC(=O)OC(C(=O)c2ccccc2)c2ccccc2)no1. The molecular formula is C22H20N2O5S. The van der Waals surface area contributed by atoms with Crippen molar-refractivity contribution in [2.75, 3.05) is 16.8 Å². The number of aryl methyl sites for hydroxylation is 1. The zero-order valence-electron chi connectivity index (χ0n) is 16.2. The zero-order valence-corrected chi connectivity index (χ0v) is 17.1. The van der Waals surface area contributed by atoms with Crippen molar-refractivity contribution in [1.29, 1.82) is 0 Å². The predicted molar refractivity (Wildman–Crippen MR) is 113 cm³/mol. The number of rotatable bonds is 9. The molecule has 8 heteroatoms. The molecule has 1 heterocycles. The van der Waals surface area contributed by atoms with Crippen LogP contribution < -0.4 is 5.32 Å². The Bertz CT molecular complexity index is 1000. The molecule has 0 spiro atoms. The summed E-state index contributed by atoms with van der Waals surface area (Å²) in [4.78, 5) is 37.2. The highest BCUT2D eigenvalue weighted by Gasteiger charge is 2.26. The number of nitrogens with zero attached hydrogens (tertiary/aromatic N) is 1. The van der Waals surface area contributed by atoms with E-state index in [0.29, 0.717) is 22.7 Å². The maximum absolute atomic E-state index is 12.9. The highest BCUT2D eigenvalue weighted by atomic mass is 32.2. The lowest BCUT2D eigenvalue weighted by molar-refractivity contribution is -0.144. The molecular weight excluding hydrogens is 404 g/mol. The molecule has 1 N–H and O–H groups in total. The number of aromatic nitrogens is 1. The summed E-state index contributed by atoms with van der Waals surface area (Å²) in [6.07, 6.45) is -1.05. The van der Waals surface area contributed by atoms with E-state index in [1.165, 1.54) is 0 Å². The van der Waals surface area contributed by atoms with Gasteiger partial charge >= 0.3 is 5.97 Å². The van der Waals surface area contributed by atoms with Crippen molar-refractivity contribution in [1.82, 2.24) is 5.16 Å². The van der Waals surface area contributed by atoms with E-state index in [0.717, 1.165) is 11.8 Å². The summed E-state index contributed by atoms with van der Waals surface area (Å²) in [6.45, 7) is 1.72. The molecule has 0 bridgehead atoms. The Balaban J connectivity index is 1.57. The standard InChI is InChI=1S/C22H20N2O5S/c1-15-12-18(24-29-15)23-19(25)13-30-14-20(26)28-22(17-10-6-3-7-11-17)21(27)16-8-4-2-5-9-16/h2-12,22H,13-14H2,1H3,(H,23,24,25). The van der Waals surface area contributed by atoms with E-state index in [-0.39, 0.29) is 23.2 Å². The van der Waals surface area contributed by atoms with Gasteiger partial charge in [-0.05, 0) is 6.92 Å². The van der Waals surface area contributed by atoms with Crippen LogP contribution in [0.5, 0.6) is 0 Å². The van der Waals surface area contributed by atoms with Gasteiger partial charge in [0.25, 0.3) is 0 Å². The van der Waals surface area contributed by atoms with Crippen molar-refractivity contribution in [2.24, 2.45) is 0 Å². The molecule has 0 fully saturated rings. The first-order valence-electron chi connectivity index (χ1n) is 9.17. The Labute approximate surface area is 177 Å². The highest BCUT2D eigenvalue weighted by molar-refractivity contribution is 8.00. The number of anilines is 1. The van der Waals surface area contributed by atoms with E-state index >= 15 is 0 Å². The number of thioether (sulfide) groups is 1. The first-order chi connectivity index (χ1) is 14.5. The fraction of sp³-hybridized carbons (Fsp3) is 0.182. The average Bonchev–Trinajstić information content (AvgIpc) is 3.17. The van der Waals surface area contributed by atoms with Gasteiger partial charge in [-0.1, -0.05) is 65.8 Å². The second-order valence-electron chi connectivity index (χ2n) is 6.37. The molecule has 3 aromatic rings. The molecule has 1 aromatic heterocycles. The Kier molecular flexibility index (Phi) is 7.40. The average molecular weight is 424 g/mol. The van der Waals surface area contributed by atoms with Gasteiger partial charge in [0.2, 0.25) is 11.7 Å². The smallest absolute Gasteiger partial charge is 0.316 e.